The Kier molecular flexibility index (Phi) is 8.10. The van der Waals surface area contributed by atoms with Gasteiger partial charge in [-0.15, -0.1) is 0 Å². The number of hydrogen-bond acceptors (Lipinski definition) is 4. The largest absolute Gasteiger partial charge is 0.455 e. The first-order valence-electron chi connectivity index (χ1n) is 23.7. The van der Waals surface area contributed by atoms with Crippen LogP contribution in [0.3, 0.4) is 0 Å². The first kappa shape index (κ1) is 38.0. The van der Waals surface area contributed by atoms with Crippen molar-refractivity contribution < 1.29 is 8.83 Å². The Labute approximate surface area is 396 Å². The summed E-state index contributed by atoms with van der Waals surface area (Å²) in [5.74, 6) is 0. The molecule has 0 fully saturated rings. The molecule has 2 aromatic heterocycles. The van der Waals surface area contributed by atoms with Gasteiger partial charge in [-0.2, -0.15) is 0 Å². The van der Waals surface area contributed by atoms with E-state index in [1.54, 1.807) is 0 Å². The molecule has 0 spiro atoms. The average Bonchev–Trinajstić information content (AvgIpc) is 4.12. The number of fused-ring (bicyclic) bond motifs is 13. The van der Waals surface area contributed by atoms with Crippen LogP contribution in [0.15, 0.2) is 239 Å². The molecule has 1 N–H and O–H groups in total. The first-order chi connectivity index (χ1) is 34.2. The number of para-hydroxylation sites is 2. The highest BCUT2D eigenvalue weighted by atomic mass is 16.3. The Bertz CT molecular complexity index is 4410. The molecule has 322 valence electrons. The van der Waals surface area contributed by atoms with Crippen molar-refractivity contribution in [3.05, 3.63) is 236 Å². The van der Waals surface area contributed by atoms with Crippen LogP contribution in [0.4, 0.5) is 17.1 Å². The third kappa shape index (κ3) is 5.76. The predicted molar refractivity (Wildman–Crippen MR) is 289 cm³/mol. The lowest BCUT2D eigenvalue weighted by molar-refractivity contribution is 0.672. The number of furan rings is 2. The van der Waals surface area contributed by atoms with Gasteiger partial charge in [-0.1, -0.05) is 164 Å². The number of nitrogens with one attached hydrogen (secondary N) is 1. The lowest BCUT2D eigenvalue weighted by Crippen LogP contribution is -2.23. The van der Waals surface area contributed by atoms with Gasteiger partial charge in [0.05, 0.1) is 11.4 Å². The molecule has 12 aromatic carbocycles. The predicted octanol–water partition coefficient (Wildman–Crippen LogP) is 18.4. The van der Waals surface area contributed by atoms with Crippen LogP contribution in [0.25, 0.3) is 120 Å². The van der Waals surface area contributed by atoms with Crippen LogP contribution in [-0.4, -0.2) is 0 Å². The molecule has 4 nitrogen and oxygen atoms in total. The van der Waals surface area contributed by atoms with Crippen LogP contribution in [0.2, 0.25) is 0 Å². The topological polar surface area (TPSA) is 41.5 Å². The van der Waals surface area contributed by atoms with E-state index in [2.05, 4.69) is 241 Å². The normalized spacial score (nSPS) is 13.7. The molecule has 1 aliphatic rings. The Morgan fingerprint density at radius 1 is 0.333 bits per heavy atom. The molecule has 0 aliphatic carbocycles. The van der Waals surface area contributed by atoms with Gasteiger partial charge in [0, 0.05) is 38.0 Å². The summed E-state index contributed by atoms with van der Waals surface area (Å²) >= 11 is 0. The van der Waals surface area contributed by atoms with Gasteiger partial charge in [-0.25, -0.2) is 0 Å². The minimum atomic E-state index is -0.0219. The van der Waals surface area contributed by atoms with E-state index >= 15 is 0 Å². The van der Waals surface area contributed by atoms with Crippen molar-refractivity contribution in [1.29, 1.82) is 0 Å². The summed E-state index contributed by atoms with van der Waals surface area (Å²) in [5, 5.41) is 17.6. The molecule has 4 heteroatoms. The van der Waals surface area contributed by atoms with Gasteiger partial charge in [0.1, 0.15) is 28.5 Å². The van der Waals surface area contributed by atoms with E-state index in [-0.39, 0.29) is 6.17 Å². The molecule has 15 rings (SSSR count). The van der Waals surface area contributed by atoms with E-state index in [4.69, 9.17) is 8.83 Å². The molecule has 1 unspecified atom stereocenters. The minimum absolute atomic E-state index is 0.0219. The van der Waals surface area contributed by atoms with Crippen LogP contribution in [0.1, 0.15) is 11.7 Å². The maximum absolute atomic E-state index is 6.65. The van der Waals surface area contributed by atoms with Crippen LogP contribution >= 0.6 is 0 Å². The molecule has 69 heavy (non-hydrogen) atoms. The molecule has 0 radical (unpaired) electrons. The molecule has 0 saturated carbocycles. The van der Waals surface area contributed by atoms with E-state index in [0.717, 1.165) is 88.3 Å². The van der Waals surface area contributed by atoms with Crippen LogP contribution in [0, 0.1) is 0 Å². The molecule has 14 aromatic rings. The van der Waals surface area contributed by atoms with Gasteiger partial charge >= 0.3 is 0 Å². The maximum Gasteiger partial charge on any atom is 0.143 e. The van der Waals surface area contributed by atoms with Crippen molar-refractivity contribution in [3.63, 3.8) is 0 Å². The Morgan fingerprint density at radius 2 is 0.812 bits per heavy atom. The highest BCUT2D eigenvalue weighted by Gasteiger charge is 2.31. The summed E-state index contributed by atoms with van der Waals surface area (Å²) in [6, 6.07) is 83.6. The van der Waals surface area contributed by atoms with Crippen molar-refractivity contribution >= 4 is 104 Å². The van der Waals surface area contributed by atoms with E-state index in [1.807, 2.05) is 0 Å². The maximum atomic E-state index is 6.65. The van der Waals surface area contributed by atoms with Crippen molar-refractivity contribution in [3.8, 4) is 33.4 Å². The zero-order valence-corrected chi connectivity index (χ0v) is 37.3. The second-order valence-corrected chi connectivity index (χ2v) is 18.4. The monoisotopic (exact) mass is 880 g/mol. The number of benzene rings is 12. The van der Waals surface area contributed by atoms with Gasteiger partial charge in [0.2, 0.25) is 0 Å². The quantitative estimate of drug-likeness (QED) is 0.175. The highest BCUT2D eigenvalue weighted by molar-refractivity contribution is 6.24. The third-order valence-corrected chi connectivity index (χ3v) is 14.6. The molecule has 0 bridgehead atoms. The second-order valence-electron chi connectivity index (χ2n) is 18.4. The summed E-state index contributed by atoms with van der Waals surface area (Å²) in [6.45, 7) is 0. The fraction of sp³-hybridized carbons (Fsp3) is 0.0154. The van der Waals surface area contributed by atoms with E-state index in [1.165, 1.54) is 54.7 Å². The molecule has 1 atom stereocenters. The van der Waals surface area contributed by atoms with Crippen molar-refractivity contribution in [1.82, 2.24) is 0 Å². The SMILES string of the molecule is c1ccc(C2Nc3ccccc3N2c2ccc(-c3ccc4c(-c5ccc6oc7c8ccccc8ccc7c6c5)c5ccccc5c(-c5ccc6oc7c8ccccc8ccc7c6c5)c4c3)cc2)cc1. The number of anilines is 3. The highest BCUT2D eigenvalue weighted by Crippen LogP contribution is 2.49. The van der Waals surface area contributed by atoms with Crippen LogP contribution < -0.4 is 10.2 Å². The second kappa shape index (κ2) is 14.7. The van der Waals surface area contributed by atoms with Crippen LogP contribution in [-0.2, 0) is 0 Å². The van der Waals surface area contributed by atoms with E-state index in [0.29, 0.717) is 0 Å². The van der Waals surface area contributed by atoms with E-state index in [9.17, 15) is 0 Å². The summed E-state index contributed by atoms with van der Waals surface area (Å²) in [4.78, 5) is 2.41. The number of nitrogens with zero attached hydrogens (tertiary/aromatic N) is 1. The Hall–Kier alpha value is -9.12. The zero-order valence-electron chi connectivity index (χ0n) is 37.3. The molecule has 0 saturated heterocycles. The van der Waals surface area contributed by atoms with Gasteiger partial charge in [0.15, 0.2) is 0 Å². The lowest BCUT2D eigenvalue weighted by atomic mass is 9.84. The van der Waals surface area contributed by atoms with Gasteiger partial charge in [-0.05, 0) is 138 Å². The summed E-state index contributed by atoms with van der Waals surface area (Å²) < 4.78 is 13.3. The molecule has 3 heterocycles. The fourth-order valence-corrected chi connectivity index (χ4v) is 11.4. The molecule has 1 aliphatic heterocycles. The molecule has 0 amide bonds. The lowest BCUT2D eigenvalue weighted by Gasteiger charge is -2.27. The Morgan fingerprint density at radius 3 is 1.45 bits per heavy atom. The molecular formula is C65H40N2O2. The summed E-state index contributed by atoms with van der Waals surface area (Å²) in [6.07, 6.45) is -0.0219. The van der Waals surface area contributed by atoms with Crippen LogP contribution in [0.5, 0.6) is 0 Å². The fourth-order valence-electron chi connectivity index (χ4n) is 11.4. The van der Waals surface area contributed by atoms with Crippen molar-refractivity contribution in [2.45, 2.75) is 6.17 Å². The van der Waals surface area contributed by atoms with Gasteiger partial charge in [-0.3, -0.25) is 0 Å². The van der Waals surface area contributed by atoms with Crippen molar-refractivity contribution in [2.75, 3.05) is 10.2 Å². The van der Waals surface area contributed by atoms with Gasteiger partial charge in [0.25, 0.3) is 0 Å². The number of rotatable bonds is 5. The smallest absolute Gasteiger partial charge is 0.143 e. The number of hydrogen-bond donors (Lipinski definition) is 1. The van der Waals surface area contributed by atoms with E-state index < -0.39 is 0 Å². The Balaban J connectivity index is 0.945. The average molecular weight is 881 g/mol. The minimum Gasteiger partial charge on any atom is -0.455 e. The first-order valence-corrected chi connectivity index (χ1v) is 23.7. The zero-order chi connectivity index (χ0) is 45.2. The van der Waals surface area contributed by atoms with Crippen molar-refractivity contribution in [2.24, 2.45) is 0 Å². The standard InChI is InChI=1S/C65H40N2O2/c1-2-14-42(15-3-1)65-66-57-20-10-11-21-58(57)67(65)46-29-22-39(23-30-46)43-26-31-51-56(36-43)62(45-28-35-60-55(38-45)53-33-25-41-13-5-7-17-48(41)64(53)69-60)50-19-9-8-18-49(50)61(51)44-27-34-59-54(37-44)52-32-24-40-12-4-6-16-47(40)63(52)68-59/h1-38,65-66H. The summed E-state index contributed by atoms with van der Waals surface area (Å²) in [5.41, 5.74) is 15.3. The summed E-state index contributed by atoms with van der Waals surface area (Å²) in [7, 11) is 0. The third-order valence-electron chi connectivity index (χ3n) is 14.6. The van der Waals surface area contributed by atoms with Gasteiger partial charge < -0.3 is 19.1 Å². The molecular weight excluding hydrogens is 841 g/mol.